The predicted octanol–water partition coefficient (Wildman–Crippen LogP) is 6.96. The quantitative estimate of drug-likeness (QED) is 0.292. The van der Waals surface area contributed by atoms with Gasteiger partial charge in [-0.2, -0.15) is 49.7 Å². The van der Waals surface area contributed by atoms with E-state index in [9.17, 15) is 0 Å². The molecule has 1 radical (unpaired) electrons. The number of rotatable bonds is 0. The maximum atomic E-state index is 2.18. The van der Waals surface area contributed by atoms with Gasteiger partial charge in [-0.15, -0.1) is 65.7 Å². The number of fused-ring (bicyclic) bond motifs is 1. The summed E-state index contributed by atoms with van der Waals surface area (Å²) in [5, 5.41) is 2.79. The normalized spacial score (nSPS) is 7.00. The summed E-state index contributed by atoms with van der Waals surface area (Å²) in [4.78, 5) is 0. The second-order valence-corrected chi connectivity index (χ2v) is 4.21. The van der Waals surface area contributed by atoms with E-state index in [-0.39, 0.29) is 73.3 Å². The molecule has 2 aromatic carbocycles. The van der Waals surface area contributed by atoms with E-state index >= 15 is 0 Å². The minimum absolute atomic E-state index is 0. The summed E-state index contributed by atoms with van der Waals surface area (Å²) < 4.78 is 0. The van der Waals surface area contributed by atoms with Crippen LogP contribution in [-0.2, 0) is 26.2 Å². The van der Waals surface area contributed by atoms with Gasteiger partial charge in [-0.1, -0.05) is 18.6 Å². The standard InChI is InChI=1S/C11H11.2C3H7.3ClH.H3P.Zr/c1-8-6-7-9(2)11-5-3-4-10(8)11;2*1-3-2;;;;;/h3-7H,1-2H3;2*3H,1-2H3;3*1H;1H3;/q3*-1;;;;;+3. The topological polar surface area (TPSA) is 0 Å². The van der Waals surface area contributed by atoms with Crippen LogP contribution in [0.1, 0.15) is 38.8 Å². The van der Waals surface area contributed by atoms with E-state index in [0.717, 1.165) is 0 Å². The molecule has 1 atom stereocenters. The summed E-state index contributed by atoms with van der Waals surface area (Å²) >= 11 is 0. The van der Waals surface area contributed by atoms with Gasteiger partial charge in [0.2, 0.25) is 0 Å². The molecular weight excluding hydrogens is 433 g/mol. The van der Waals surface area contributed by atoms with Crippen molar-refractivity contribution in [3.8, 4) is 0 Å². The third-order valence-corrected chi connectivity index (χ3v) is 2.25. The molecule has 0 saturated heterocycles. The van der Waals surface area contributed by atoms with Crippen LogP contribution < -0.4 is 0 Å². The van der Waals surface area contributed by atoms with E-state index in [1.165, 1.54) is 21.9 Å². The van der Waals surface area contributed by atoms with Gasteiger partial charge in [0.1, 0.15) is 0 Å². The molecule has 22 heavy (non-hydrogen) atoms. The van der Waals surface area contributed by atoms with Crippen molar-refractivity contribution in [3.05, 3.63) is 54.3 Å². The molecule has 0 aliphatic rings. The minimum Gasteiger partial charge on any atom is -0.335 e. The number of aryl methyl sites for hydroxylation is 2. The van der Waals surface area contributed by atoms with Gasteiger partial charge in [0.15, 0.2) is 0 Å². The zero-order valence-corrected chi connectivity index (χ0v) is 20.8. The SMILES string of the molecule is C[CH-]C.C[CH-]C.Cc1ccc(C)c2[cH-]ccc12.Cl.Cl.Cl.P.[Zr+3]. The summed E-state index contributed by atoms with van der Waals surface area (Å²) in [6.07, 6.45) is 4.00. The molecule has 1 unspecified atom stereocenters. The zero-order chi connectivity index (χ0) is 13.3. The van der Waals surface area contributed by atoms with Crippen LogP contribution in [0.2, 0.25) is 0 Å². The third-order valence-electron chi connectivity index (χ3n) is 2.25. The van der Waals surface area contributed by atoms with Gasteiger partial charge in [-0.25, -0.2) is 0 Å². The molecule has 5 heteroatoms. The van der Waals surface area contributed by atoms with E-state index in [2.05, 4.69) is 44.2 Å². The summed E-state index contributed by atoms with van der Waals surface area (Å²) in [7, 11) is 0. The number of hydrogen-bond donors (Lipinski definition) is 0. The monoisotopic (exact) mass is 461 g/mol. The molecule has 2 aromatic rings. The van der Waals surface area contributed by atoms with Crippen molar-refractivity contribution in [2.75, 3.05) is 0 Å². The van der Waals surface area contributed by atoms with Gasteiger partial charge in [-0.05, 0) is 6.92 Å². The van der Waals surface area contributed by atoms with E-state index in [1.807, 2.05) is 40.5 Å². The Morgan fingerprint density at radius 3 is 1.50 bits per heavy atom. The van der Waals surface area contributed by atoms with Crippen LogP contribution >= 0.6 is 47.1 Å². The molecule has 0 fully saturated rings. The minimum atomic E-state index is 0. The van der Waals surface area contributed by atoms with Crippen LogP contribution in [0, 0.1) is 26.7 Å². The largest absolute Gasteiger partial charge is 3.00 e. The van der Waals surface area contributed by atoms with Crippen LogP contribution in [0.25, 0.3) is 10.8 Å². The van der Waals surface area contributed by atoms with E-state index in [1.54, 1.807) is 0 Å². The van der Waals surface area contributed by atoms with Crippen molar-refractivity contribution >= 4 is 57.9 Å². The van der Waals surface area contributed by atoms with Gasteiger partial charge in [0.05, 0.1) is 0 Å². The first-order chi connectivity index (χ1) is 8.12. The number of benzene rings is 1. The van der Waals surface area contributed by atoms with E-state index in [4.69, 9.17) is 0 Å². The van der Waals surface area contributed by atoms with Crippen molar-refractivity contribution in [3.63, 3.8) is 0 Å². The van der Waals surface area contributed by atoms with Crippen molar-refractivity contribution in [1.29, 1.82) is 0 Å². The zero-order valence-electron chi connectivity index (χ0n) is 14.5. The summed E-state index contributed by atoms with van der Waals surface area (Å²) in [5.74, 6) is 0. The van der Waals surface area contributed by atoms with E-state index < -0.39 is 0 Å². The van der Waals surface area contributed by atoms with Crippen molar-refractivity contribution < 1.29 is 26.2 Å². The third kappa shape index (κ3) is 14.6. The molecule has 0 aliphatic heterocycles. The molecule has 129 valence electrons. The molecule has 0 aromatic heterocycles. The van der Waals surface area contributed by atoms with Gasteiger partial charge in [-0.3, -0.25) is 0 Å². The Morgan fingerprint density at radius 2 is 1.14 bits per heavy atom. The van der Waals surface area contributed by atoms with Crippen molar-refractivity contribution in [2.45, 2.75) is 41.5 Å². The molecule has 0 saturated carbocycles. The Morgan fingerprint density at radius 1 is 0.773 bits per heavy atom. The first-order valence-corrected chi connectivity index (χ1v) is 6.21. The first-order valence-electron chi connectivity index (χ1n) is 6.21. The summed E-state index contributed by atoms with van der Waals surface area (Å²) in [6, 6.07) is 10.8. The average molecular weight is 464 g/mol. The Hall–Kier alpha value is 1.01. The smallest absolute Gasteiger partial charge is 0.335 e. The van der Waals surface area contributed by atoms with Gasteiger partial charge in [0.25, 0.3) is 0 Å². The average Bonchev–Trinajstić information content (AvgIpc) is 2.76. The molecule has 0 aliphatic carbocycles. The molecule has 0 nitrogen and oxygen atoms in total. The molecule has 0 N–H and O–H groups in total. The van der Waals surface area contributed by atoms with Crippen LogP contribution in [0.15, 0.2) is 30.3 Å². The van der Waals surface area contributed by atoms with Crippen molar-refractivity contribution in [1.82, 2.24) is 0 Å². The fraction of sp³-hybridized carbons (Fsp3) is 0.353. The van der Waals surface area contributed by atoms with Crippen molar-refractivity contribution in [2.24, 2.45) is 0 Å². The summed E-state index contributed by atoms with van der Waals surface area (Å²) in [6.45, 7) is 12.3. The maximum Gasteiger partial charge on any atom is 3.00 e. The molecular formula is C17H31Cl3PZr. The van der Waals surface area contributed by atoms with Crippen LogP contribution in [0.3, 0.4) is 0 Å². The fourth-order valence-electron chi connectivity index (χ4n) is 1.54. The number of halogens is 3. The van der Waals surface area contributed by atoms with Gasteiger partial charge >= 0.3 is 26.2 Å². The molecule has 2 rings (SSSR count). The fourth-order valence-corrected chi connectivity index (χ4v) is 1.54. The summed E-state index contributed by atoms with van der Waals surface area (Å²) in [5.41, 5.74) is 2.74. The van der Waals surface area contributed by atoms with Crippen LogP contribution in [0.5, 0.6) is 0 Å². The molecule has 0 spiro atoms. The Balaban J connectivity index is -0.0000000521. The Labute approximate surface area is 178 Å². The van der Waals surface area contributed by atoms with Crippen LogP contribution in [0.4, 0.5) is 0 Å². The predicted molar refractivity (Wildman–Crippen MR) is 113 cm³/mol. The molecule has 0 bridgehead atoms. The van der Waals surface area contributed by atoms with Crippen LogP contribution in [-0.4, -0.2) is 0 Å². The molecule has 0 amide bonds. The number of hydrogen-bond acceptors (Lipinski definition) is 0. The van der Waals surface area contributed by atoms with E-state index in [0.29, 0.717) is 0 Å². The molecule has 0 heterocycles. The first kappa shape index (κ1) is 38.5. The second-order valence-electron chi connectivity index (χ2n) is 4.21. The second kappa shape index (κ2) is 24.3. The Kier molecular flexibility index (Phi) is 42.5. The Bertz CT molecular complexity index is 393. The van der Waals surface area contributed by atoms with Gasteiger partial charge in [0, 0.05) is 0 Å². The maximum absolute atomic E-state index is 2.18. The van der Waals surface area contributed by atoms with Gasteiger partial charge < -0.3 is 12.8 Å².